The number of carbonyl (C=O) groups is 2. The third-order valence-electron chi connectivity index (χ3n) is 3.67. The van der Waals surface area contributed by atoms with Gasteiger partial charge in [0.1, 0.15) is 11.4 Å². The average Bonchev–Trinajstić information content (AvgIpc) is 2.48. The van der Waals surface area contributed by atoms with Crippen molar-refractivity contribution >= 4 is 11.9 Å². The largest absolute Gasteiger partial charge is 0.477 e. The Bertz CT molecular complexity index is 712. The number of aromatic nitrogens is 1. The number of pyridine rings is 1. The number of benzene rings is 1. The van der Waals surface area contributed by atoms with Crippen LogP contribution in [0.15, 0.2) is 42.5 Å². The van der Waals surface area contributed by atoms with Crippen LogP contribution in [0.25, 0.3) is 0 Å². The first kappa shape index (κ1) is 13.3. The number of carbonyl (C=O) groups excluding carboxylic acids is 1. The minimum absolute atomic E-state index is 0.127. The summed E-state index contributed by atoms with van der Waals surface area (Å²) < 4.78 is 0. The first-order valence-corrected chi connectivity index (χ1v) is 6.71. The summed E-state index contributed by atoms with van der Waals surface area (Å²) in [6.45, 7) is 0.537. The van der Waals surface area contributed by atoms with Crippen LogP contribution in [0.2, 0.25) is 0 Å². The second kappa shape index (κ2) is 5.36. The molecule has 1 atom stereocenters. The fourth-order valence-electron chi connectivity index (χ4n) is 2.53. The van der Waals surface area contributed by atoms with Crippen LogP contribution < -0.4 is 5.32 Å². The molecule has 0 saturated carbocycles. The Morgan fingerprint density at radius 1 is 1.14 bits per heavy atom. The number of hydrogen-bond donors (Lipinski definition) is 2. The number of rotatable bonds is 4. The number of nitrogens with zero attached hydrogens (tertiary/aromatic N) is 1. The molecule has 1 aliphatic rings. The van der Waals surface area contributed by atoms with Gasteiger partial charge in [-0.1, -0.05) is 30.3 Å². The van der Waals surface area contributed by atoms with Gasteiger partial charge in [-0.2, -0.15) is 0 Å². The summed E-state index contributed by atoms with van der Waals surface area (Å²) in [4.78, 5) is 26.7. The van der Waals surface area contributed by atoms with Gasteiger partial charge in [0.15, 0.2) is 0 Å². The van der Waals surface area contributed by atoms with Crippen molar-refractivity contribution in [3.05, 3.63) is 65.0 Å². The highest BCUT2D eigenvalue weighted by Gasteiger charge is 2.25. The van der Waals surface area contributed by atoms with Crippen LogP contribution in [-0.2, 0) is 6.42 Å². The fourth-order valence-corrected chi connectivity index (χ4v) is 2.53. The summed E-state index contributed by atoms with van der Waals surface area (Å²) in [5.74, 6) is -1.16. The Labute approximate surface area is 121 Å². The summed E-state index contributed by atoms with van der Waals surface area (Å²) in [7, 11) is 0. The van der Waals surface area contributed by atoms with E-state index in [0.29, 0.717) is 12.5 Å². The number of carboxylic acid groups (broad SMARTS) is 1. The van der Waals surface area contributed by atoms with Crippen LogP contribution >= 0.6 is 0 Å². The zero-order chi connectivity index (χ0) is 14.8. The van der Waals surface area contributed by atoms with E-state index in [9.17, 15) is 9.59 Å². The molecule has 0 spiro atoms. The van der Waals surface area contributed by atoms with Gasteiger partial charge in [0.25, 0.3) is 5.91 Å². The molecule has 1 unspecified atom stereocenters. The molecule has 0 fully saturated rings. The Balaban J connectivity index is 1.63. The van der Waals surface area contributed by atoms with E-state index in [1.165, 1.54) is 29.3 Å². The number of aromatic carboxylic acids is 1. The van der Waals surface area contributed by atoms with Crippen molar-refractivity contribution in [2.75, 3.05) is 6.54 Å². The van der Waals surface area contributed by atoms with Gasteiger partial charge < -0.3 is 10.4 Å². The molecule has 0 bridgehead atoms. The van der Waals surface area contributed by atoms with Crippen LogP contribution in [0.5, 0.6) is 0 Å². The van der Waals surface area contributed by atoms with E-state index in [4.69, 9.17) is 5.11 Å². The predicted octanol–water partition coefficient (Wildman–Crippen LogP) is 1.85. The van der Waals surface area contributed by atoms with Crippen molar-refractivity contribution in [1.29, 1.82) is 0 Å². The Morgan fingerprint density at radius 3 is 2.67 bits per heavy atom. The van der Waals surface area contributed by atoms with Gasteiger partial charge in [0, 0.05) is 12.5 Å². The molecule has 1 aromatic heterocycles. The van der Waals surface area contributed by atoms with E-state index in [2.05, 4.69) is 22.4 Å². The van der Waals surface area contributed by atoms with Crippen molar-refractivity contribution in [3.8, 4) is 0 Å². The van der Waals surface area contributed by atoms with E-state index < -0.39 is 5.97 Å². The van der Waals surface area contributed by atoms with Crippen molar-refractivity contribution in [1.82, 2.24) is 10.3 Å². The molecule has 1 aliphatic carbocycles. The van der Waals surface area contributed by atoms with Crippen LogP contribution in [0.1, 0.15) is 38.0 Å². The maximum absolute atomic E-state index is 12.0. The lowest BCUT2D eigenvalue weighted by Crippen LogP contribution is -2.33. The summed E-state index contributed by atoms with van der Waals surface area (Å²) >= 11 is 0. The first-order chi connectivity index (χ1) is 10.1. The van der Waals surface area contributed by atoms with Crippen LogP contribution in [0, 0.1) is 0 Å². The Kier molecular flexibility index (Phi) is 3.39. The average molecular weight is 282 g/mol. The zero-order valence-corrected chi connectivity index (χ0v) is 11.2. The molecule has 5 heteroatoms. The van der Waals surface area contributed by atoms with Crippen LogP contribution in [0.4, 0.5) is 0 Å². The van der Waals surface area contributed by atoms with Gasteiger partial charge in [-0.05, 0) is 29.7 Å². The lowest BCUT2D eigenvalue weighted by molar-refractivity contribution is 0.0690. The normalized spacial score (nSPS) is 15.7. The molecule has 1 heterocycles. The molecular weight excluding hydrogens is 268 g/mol. The highest BCUT2D eigenvalue weighted by Crippen LogP contribution is 2.33. The summed E-state index contributed by atoms with van der Waals surface area (Å²) in [5, 5.41) is 11.7. The van der Waals surface area contributed by atoms with Gasteiger partial charge in [-0.15, -0.1) is 0 Å². The number of amides is 1. The van der Waals surface area contributed by atoms with E-state index >= 15 is 0 Å². The second-order valence-corrected chi connectivity index (χ2v) is 5.02. The smallest absolute Gasteiger partial charge is 0.354 e. The van der Waals surface area contributed by atoms with E-state index in [-0.39, 0.29) is 17.3 Å². The number of fused-ring (bicyclic) bond motifs is 1. The molecular formula is C16H14N2O3. The predicted molar refractivity (Wildman–Crippen MR) is 76.4 cm³/mol. The van der Waals surface area contributed by atoms with Gasteiger partial charge in [0.05, 0.1) is 0 Å². The number of nitrogens with one attached hydrogen (secondary N) is 1. The van der Waals surface area contributed by atoms with Crippen molar-refractivity contribution < 1.29 is 14.7 Å². The van der Waals surface area contributed by atoms with Crippen molar-refractivity contribution in [2.24, 2.45) is 0 Å². The lowest BCUT2D eigenvalue weighted by Gasteiger charge is -2.30. The molecule has 2 N–H and O–H groups in total. The van der Waals surface area contributed by atoms with Crippen molar-refractivity contribution in [3.63, 3.8) is 0 Å². The summed E-state index contributed by atoms with van der Waals surface area (Å²) in [5.41, 5.74) is 2.59. The van der Waals surface area contributed by atoms with Gasteiger partial charge in [0.2, 0.25) is 0 Å². The maximum Gasteiger partial charge on any atom is 0.354 e. The Hall–Kier alpha value is -2.69. The first-order valence-electron chi connectivity index (χ1n) is 6.71. The molecule has 2 aromatic rings. The van der Waals surface area contributed by atoms with Gasteiger partial charge in [-0.3, -0.25) is 4.79 Å². The van der Waals surface area contributed by atoms with E-state index in [1.54, 1.807) is 0 Å². The Morgan fingerprint density at radius 2 is 1.90 bits per heavy atom. The quantitative estimate of drug-likeness (QED) is 0.897. The minimum atomic E-state index is -1.14. The molecule has 21 heavy (non-hydrogen) atoms. The summed E-state index contributed by atoms with van der Waals surface area (Å²) in [6, 6.07) is 12.5. The van der Waals surface area contributed by atoms with Crippen LogP contribution in [-0.4, -0.2) is 28.5 Å². The highest BCUT2D eigenvalue weighted by atomic mass is 16.4. The third kappa shape index (κ3) is 2.63. The monoisotopic (exact) mass is 282 g/mol. The second-order valence-electron chi connectivity index (χ2n) is 5.02. The maximum atomic E-state index is 12.0. The van der Waals surface area contributed by atoms with Gasteiger partial charge >= 0.3 is 5.97 Å². The van der Waals surface area contributed by atoms with Crippen molar-refractivity contribution in [2.45, 2.75) is 12.3 Å². The topological polar surface area (TPSA) is 79.3 Å². The fraction of sp³-hybridized carbons (Fsp3) is 0.188. The van der Waals surface area contributed by atoms with E-state index in [1.807, 2.05) is 12.1 Å². The molecule has 5 nitrogen and oxygen atoms in total. The SMILES string of the molecule is O=C(O)c1cccc(C(=O)NCC2Cc3ccccc32)n1. The summed E-state index contributed by atoms with van der Waals surface area (Å²) in [6.07, 6.45) is 0.957. The lowest BCUT2D eigenvalue weighted by atomic mass is 9.77. The molecule has 0 saturated heterocycles. The van der Waals surface area contributed by atoms with Gasteiger partial charge in [-0.25, -0.2) is 9.78 Å². The molecule has 0 aliphatic heterocycles. The molecule has 3 rings (SSSR count). The van der Waals surface area contributed by atoms with Crippen LogP contribution in [0.3, 0.4) is 0 Å². The zero-order valence-electron chi connectivity index (χ0n) is 11.2. The molecule has 1 amide bonds. The minimum Gasteiger partial charge on any atom is -0.477 e. The highest BCUT2D eigenvalue weighted by molar-refractivity contribution is 5.94. The molecule has 1 aromatic carbocycles. The molecule has 106 valence electrons. The third-order valence-corrected chi connectivity index (χ3v) is 3.67. The standard InChI is InChI=1S/C16H14N2O3/c19-15(13-6-3-7-14(18-13)16(20)21)17-9-11-8-10-4-1-2-5-12(10)11/h1-7,11H,8-9H2,(H,17,19)(H,20,21). The molecule has 0 radical (unpaired) electrons. The number of hydrogen-bond acceptors (Lipinski definition) is 3. The van der Waals surface area contributed by atoms with E-state index in [0.717, 1.165) is 6.42 Å². The number of carboxylic acids is 1.